The number of amides is 1. The molecule has 0 aromatic carbocycles. The molecule has 1 atom stereocenters. The zero-order valence-electron chi connectivity index (χ0n) is 11.7. The molecule has 0 radical (unpaired) electrons. The molecule has 0 aromatic rings. The van der Waals surface area contributed by atoms with Gasteiger partial charge < -0.3 is 16.0 Å². The Bertz CT molecular complexity index is 268. The lowest BCUT2D eigenvalue weighted by atomic mass is 9.94. The first-order chi connectivity index (χ1) is 7.84. The number of nitrogens with one attached hydrogen (secondary N) is 1. The number of likely N-dealkylation sites (N-methyl/N-ethyl adjacent to an activating group) is 1. The van der Waals surface area contributed by atoms with Crippen molar-refractivity contribution in [3.63, 3.8) is 0 Å². The Hall–Kier alpha value is -0.610. The summed E-state index contributed by atoms with van der Waals surface area (Å²) < 4.78 is 0. The van der Waals surface area contributed by atoms with Gasteiger partial charge in [0.15, 0.2) is 0 Å². The van der Waals surface area contributed by atoms with Crippen molar-refractivity contribution in [2.45, 2.75) is 57.0 Å². The fourth-order valence-corrected chi connectivity index (χ4v) is 2.42. The van der Waals surface area contributed by atoms with Gasteiger partial charge >= 0.3 is 0 Å². The van der Waals surface area contributed by atoms with E-state index in [9.17, 15) is 4.79 Å². The van der Waals surface area contributed by atoms with Crippen LogP contribution in [0.4, 0.5) is 0 Å². The third kappa shape index (κ3) is 3.19. The number of hydrogen-bond acceptors (Lipinski definition) is 3. The highest BCUT2D eigenvalue weighted by molar-refractivity contribution is 5.85. The molecule has 0 bridgehead atoms. The second kappa shape index (κ2) is 5.36. The molecule has 0 spiro atoms. The molecule has 1 fully saturated rings. The van der Waals surface area contributed by atoms with Gasteiger partial charge in [0.05, 0.1) is 5.54 Å². The van der Waals surface area contributed by atoms with Crippen molar-refractivity contribution in [1.82, 2.24) is 10.2 Å². The molecule has 1 aliphatic carbocycles. The van der Waals surface area contributed by atoms with E-state index in [2.05, 4.69) is 24.3 Å². The molecule has 1 amide bonds. The second-order valence-corrected chi connectivity index (χ2v) is 5.78. The Balaban J connectivity index is 2.57. The maximum Gasteiger partial charge on any atom is 0.239 e. The van der Waals surface area contributed by atoms with Crippen molar-refractivity contribution in [3.05, 3.63) is 0 Å². The zero-order chi connectivity index (χ0) is 13.1. The highest BCUT2D eigenvalue weighted by Gasteiger charge is 2.37. The molecule has 0 heterocycles. The summed E-state index contributed by atoms with van der Waals surface area (Å²) in [5.41, 5.74) is 5.33. The van der Waals surface area contributed by atoms with E-state index in [1.54, 1.807) is 6.92 Å². The quantitative estimate of drug-likeness (QED) is 0.758. The number of carbonyl (C=O) groups excluding carboxylic acids is 1. The van der Waals surface area contributed by atoms with Gasteiger partial charge in [0.25, 0.3) is 0 Å². The van der Waals surface area contributed by atoms with Gasteiger partial charge in [-0.25, -0.2) is 0 Å². The Labute approximate surface area is 105 Å². The third-order valence-electron chi connectivity index (χ3n) is 4.31. The van der Waals surface area contributed by atoms with E-state index in [0.717, 1.165) is 12.8 Å². The lowest BCUT2D eigenvalue weighted by molar-refractivity contribution is -0.126. The smallest absolute Gasteiger partial charge is 0.239 e. The first-order valence-corrected chi connectivity index (χ1v) is 6.59. The van der Waals surface area contributed by atoms with E-state index < -0.39 is 5.54 Å². The largest absolute Gasteiger partial charge is 0.353 e. The first-order valence-electron chi connectivity index (χ1n) is 6.59. The third-order valence-corrected chi connectivity index (χ3v) is 4.31. The Morgan fingerprint density at radius 2 is 1.94 bits per heavy atom. The summed E-state index contributed by atoms with van der Waals surface area (Å²) >= 11 is 0. The minimum atomic E-state index is -0.744. The van der Waals surface area contributed by atoms with Crippen LogP contribution in [0, 0.1) is 0 Å². The number of hydrogen-bond donors (Lipinski definition) is 2. The number of nitrogens with zero attached hydrogens (tertiary/aromatic N) is 1. The minimum absolute atomic E-state index is 0.0341. The monoisotopic (exact) mass is 241 g/mol. The van der Waals surface area contributed by atoms with Gasteiger partial charge in [0, 0.05) is 12.1 Å². The van der Waals surface area contributed by atoms with Gasteiger partial charge in [-0.15, -0.1) is 0 Å². The van der Waals surface area contributed by atoms with Gasteiger partial charge in [-0.3, -0.25) is 4.79 Å². The second-order valence-electron chi connectivity index (χ2n) is 5.78. The summed E-state index contributed by atoms with van der Waals surface area (Å²) in [5, 5.41) is 3.03. The molecule has 0 aliphatic heterocycles. The molecular formula is C13H27N3O. The molecule has 100 valence electrons. The van der Waals surface area contributed by atoms with Crippen LogP contribution in [0.25, 0.3) is 0 Å². The molecule has 4 nitrogen and oxygen atoms in total. The van der Waals surface area contributed by atoms with E-state index in [4.69, 9.17) is 5.73 Å². The van der Waals surface area contributed by atoms with Crippen molar-refractivity contribution in [2.75, 3.05) is 20.6 Å². The number of nitrogens with two attached hydrogens (primary N) is 1. The van der Waals surface area contributed by atoms with E-state index in [0.29, 0.717) is 13.0 Å². The molecule has 1 saturated carbocycles. The highest BCUT2D eigenvalue weighted by atomic mass is 16.2. The number of rotatable bonds is 5. The molecule has 1 unspecified atom stereocenters. The van der Waals surface area contributed by atoms with Crippen LogP contribution in [0.15, 0.2) is 0 Å². The van der Waals surface area contributed by atoms with E-state index in [1.807, 2.05) is 6.92 Å². The average Bonchev–Trinajstić information content (AvgIpc) is 2.75. The Morgan fingerprint density at radius 1 is 1.41 bits per heavy atom. The maximum absolute atomic E-state index is 12.0. The summed E-state index contributed by atoms with van der Waals surface area (Å²) in [5.74, 6) is -0.0341. The van der Waals surface area contributed by atoms with Crippen LogP contribution in [-0.4, -0.2) is 42.5 Å². The van der Waals surface area contributed by atoms with Crippen LogP contribution < -0.4 is 11.1 Å². The van der Waals surface area contributed by atoms with Crippen LogP contribution in [0.5, 0.6) is 0 Å². The topological polar surface area (TPSA) is 58.4 Å². The fourth-order valence-electron chi connectivity index (χ4n) is 2.42. The van der Waals surface area contributed by atoms with Gasteiger partial charge in [-0.2, -0.15) is 0 Å². The standard InChI is InChI=1S/C13H27N3O/c1-5-12(2,14)11(17)15-10-13(16(3)4)8-6-7-9-13/h5-10,14H2,1-4H3,(H,15,17). The van der Waals surface area contributed by atoms with E-state index in [-0.39, 0.29) is 11.4 Å². The predicted molar refractivity (Wildman–Crippen MR) is 70.8 cm³/mol. The summed E-state index contributed by atoms with van der Waals surface area (Å²) in [4.78, 5) is 14.2. The minimum Gasteiger partial charge on any atom is -0.353 e. The van der Waals surface area contributed by atoms with Crippen LogP contribution in [0.2, 0.25) is 0 Å². The molecular weight excluding hydrogens is 214 g/mol. The van der Waals surface area contributed by atoms with Gasteiger partial charge in [-0.05, 0) is 40.3 Å². The van der Waals surface area contributed by atoms with Crippen molar-refractivity contribution in [1.29, 1.82) is 0 Å². The van der Waals surface area contributed by atoms with Crippen molar-refractivity contribution in [2.24, 2.45) is 5.73 Å². The normalized spacial score (nSPS) is 22.5. The first kappa shape index (κ1) is 14.5. The highest BCUT2D eigenvalue weighted by Crippen LogP contribution is 2.33. The van der Waals surface area contributed by atoms with Gasteiger partial charge in [-0.1, -0.05) is 19.8 Å². The predicted octanol–water partition coefficient (Wildman–Crippen LogP) is 1.10. The molecule has 0 saturated heterocycles. The summed E-state index contributed by atoms with van der Waals surface area (Å²) in [6.45, 7) is 4.45. The maximum atomic E-state index is 12.0. The Kier molecular flexibility index (Phi) is 4.55. The van der Waals surface area contributed by atoms with Crippen molar-refractivity contribution < 1.29 is 4.79 Å². The molecule has 3 N–H and O–H groups in total. The number of carbonyl (C=O) groups is 1. The van der Waals surface area contributed by atoms with Crippen LogP contribution >= 0.6 is 0 Å². The fraction of sp³-hybridized carbons (Fsp3) is 0.923. The molecule has 4 heteroatoms. The summed E-state index contributed by atoms with van der Waals surface area (Å²) in [6, 6.07) is 0. The van der Waals surface area contributed by atoms with Crippen molar-refractivity contribution >= 4 is 5.91 Å². The van der Waals surface area contributed by atoms with Crippen LogP contribution in [0.1, 0.15) is 46.0 Å². The lowest BCUT2D eigenvalue weighted by Gasteiger charge is -2.37. The zero-order valence-corrected chi connectivity index (χ0v) is 11.7. The molecule has 0 aromatic heterocycles. The summed E-state index contributed by atoms with van der Waals surface area (Å²) in [6.07, 6.45) is 5.48. The Morgan fingerprint density at radius 3 is 2.35 bits per heavy atom. The average molecular weight is 241 g/mol. The van der Waals surface area contributed by atoms with Crippen LogP contribution in [0.3, 0.4) is 0 Å². The van der Waals surface area contributed by atoms with E-state index in [1.165, 1.54) is 12.8 Å². The SMILES string of the molecule is CCC(C)(N)C(=O)NCC1(N(C)C)CCCC1. The van der Waals surface area contributed by atoms with Gasteiger partial charge in [0.2, 0.25) is 5.91 Å². The van der Waals surface area contributed by atoms with Gasteiger partial charge in [0.1, 0.15) is 0 Å². The summed E-state index contributed by atoms with van der Waals surface area (Å²) in [7, 11) is 4.19. The van der Waals surface area contributed by atoms with E-state index >= 15 is 0 Å². The van der Waals surface area contributed by atoms with Crippen molar-refractivity contribution in [3.8, 4) is 0 Å². The lowest BCUT2D eigenvalue weighted by Crippen LogP contribution is -2.57. The molecule has 1 rings (SSSR count). The molecule has 1 aliphatic rings. The molecule has 17 heavy (non-hydrogen) atoms. The van der Waals surface area contributed by atoms with Crippen LogP contribution in [-0.2, 0) is 4.79 Å².